The monoisotopic (exact) mass is 365 g/mol. The summed E-state index contributed by atoms with van der Waals surface area (Å²) in [6.45, 7) is 2.96. The first kappa shape index (κ1) is 16.2. The second-order valence-electron chi connectivity index (χ2n) is 4.30. The smallest absolute Gasteiger partial charge is 0.412 e. The zero-order valence-electron chi connectivity index (χ0n) is 11.3. The number of hydrogen-bond donors (Lipinski definition) is 0. The summed E-state index contributed by atoms with van der Waals surface area (Å²) in [5.74, 6) is 0. The molecule has 2 nitrogen and oxygen atoms in total. The molecule has 0 atom stereocenters. The van der Waals surface area contributed by atoms with Gasteiger partial charge in [-0.05, 0) is 0 Å². The fourth-order valence-electron chi connectivity index (χ4n) is 2.02. The van der Waals surface area contributed by atoms with Crippen LogP contribution in [0.5, 0.6) is 0 Å². The van der Waals surface area contributed by atoms with E-state index in [9.17, 15) is 0 Å². The van der Waals surface area contributed by atoms with Crippen molar-refractivity contribution in [2.75, 3.05) is 6.61 Å². The zero-order chi connectivity index (χ0) is 12.6. The average Bonchev–Trinajstić information content (AvgIpc) is 2.41. The quantitative estimate of drug-likeness (QED) is 0.727. The molecule has 0 aromatic heterocycles. The minimum Gasteiger partial charge on any atom is -0.412 e. The Morgan fingerprint density at radius 3 is 1.58 bits per heavy atom. The van der Waals surface area contributed by atoms with Gasteiger partial charge in [0.15, 0.2) is 0 Å². The van der Waals surface area contributed by atoms with Crippen LogP contribution >= 0.6 is 0 Å². The van der Waals surface area contributed by atoms with E-state index in [4.69, 9.17) is 3.07 Å². The van der Waals surface area contributed by atoms with E-state index in [1.165, 1.54) is 20.0 Å². The number of rotatable bonds is 6. The van der Waals surface area contributed by atoms with E-state index >= 15 is 0 Å². The van der Waals surface area contributed by atoms with Crippen molar-refractivity contribution in [1.82, 2.24) is 0 Å². The van der Waals surface area contributed by atoms with Crippen molar-refractivity contribution in [2.45, 2.75) is 15.8 Å². The molecule has 0 spiro atoms. The molecule has 19 heavy (non-hydrogen) atoms. The van der Waals surface area contributed by atoms with Crippen molar-refractivity contribution in [1.29, 1.82) is 0 Å². The molecule has 0 saturated carbocycles. The van der Waals surface area contributed by atoms with Crippen LogP contribution in [0.2, 0.25) is 0 Å². The molecule has 0 fully saturated rings. The van der Waals surface area contributed by atoms with Gasteiger partial charge in [0.05, 0.1) is 0 Å². The van der Waals surface area contributed by atoms with Gasteiger partial charge < -0.3 is 5.48 Å². The third-order valence-corrected chi connectivity index (χ3v) is 9.41. The maximum atomic E-state index is 6.05. The van der Waals surface area contributed by atoms with E-state index in [2.05, 4.69) is 67.6 Å². The molecule has 0 aliphatic rings. The molecule has 2 rings (SSSR count). The molecule has 0 amide bonds. The van der Waals surface area contributed by atoms with Gasteiger partial charge in [0.25, 0.3) is 0 Å². The van der Waals surface area contributed by atoms with Crippen LogP contribution in [-0.4, -0.2) is 32.3 Å². The van der Waals surface area contributed by atoms with Gasteiger partial charge in [0.1, 0.15) is 0 Å². The maximum absolute atomic E-state index is 6.05. The van der Waals surface area contributed by atoms with Crippen LogP contribution in [0.25, 0.3) is 0 Å². The molecule has 101 valence electrons. The largest absolute Gasteiger partial charge is 0.412 e. The van der Waals surface area contributed by atoms with E-state index in [0.29, 0.717) is 0 Å². The van der Waals surface area contributed by atoms with E-state index in [-0.39, 0.29) is 5.48 Å². The van der Waals surface area contributed by atoms with Gasteiger partial charge in [-0.3, -0.25) is 0 Å². The Hall–Kier alpha value is -0.841. The van der Waals surface area contributed by atoms with Crippen LogP contribution in [0.1, 0.15) is 18.1 Å². The normalized spacial score (nSPS) is 10.2. The van der Waals surface area contributed by atoms with Gasteiger partial charge in [-0.15, -0.1) is 0 Å². The zero-order valence-corrected chi connectivity index (χ0v) is 14.2. The first-order valence-electron chi connectivity index (χ1n) is 6.44. The van der Waals surface area contributed by atoms with E-state index in [1.54, 1.807) is 0 Å². The number of hydrogen-bond acceptors (Lipinski definition) is 1. The average molecular weight is 364 g/mol. The second kappa shape index (κ2) is 9.12. The summed E-state index contributed by atoms with van der Waals surface area (Å²) in [5, 5.41) is 0. The molecular weight excluding hydrogens is 343 g/mol. The summed E-state index contributed by atoms with van der Waals surface area (Å²) in [7, 11) is 0. The Morgan fingerprint density at radius 2 is 1.21 bits per heavy atom. The molecule has 0 heterocycles. The standard InChI is InChI=1S/2C7H7.C2H5O.H2O.Sn/c2*1-7-5-3-2-4-6-7;1-2-3;;/h2*2-6H,1H2;2H2,1H3;1H2;/q;;-1;;+1. The Balaban J connectivity index is 0.00000180. The molecule has 2 aromatic rings. The molecule has 1 radical (unpaired) electrons. The van der Waals surface area contributed by atoms with Crippen LogP contribution < -0.4 is 0 Å². The van der Waals surface area contributed by atoms with Gasteiger partial charge in [-0.25, -0.2) is 0 Å². The maximum Gasteiger partial charge on any atom is -0.412 e. The Morgan fingerprint density at radius 1 is 0.789 bits per heavy atom. The van der Waals surface area contributed by atoms with Gasteiger partial charge in [-0.1, -0.05) is 0 Å². The fourth-order valence-corrected chi connectivity index (χ4v) is 8.06. The van der Waals surface area contributed by atoms with Crippen LogP contribution in [0.15, 0.2) is 60.7 Å². The van der Waals surface area contributed by atoms with E-state index in [0.717, 1.165) is 6.61 Å². The Bertz CT molecular complexity index is 403. The minimum atomic E-state index is -1.79. The van der Waals surface area contributed by atoms with Crippen molar-refractivity contribution in [3.8, 4) is 0 Å². The molecule has 0 aliphatic heterocycles. The molecular formula is C16H21O2Sn. The third kappa shape index (κ3) is 5.76. The summed E-state index contributed by atoms with van der Waals surface area (Å²) in [6.07, 6.45) is 0. The summed E-state index contributed by atoms with van der Waals surface area (Å²) in [6, 6.07) is 21.5. The third-order valence-electron chi connectivity index (χ3n) is 2.84. The first-order valence-corrected chi connectivity index (χ1v) is 11.6. The summed E-state index contributed by atoms with van der Waals surface area (Å²) in [4.78, 5) is 0. The van der Waals surface area contributed by atoms with Gasteiger partial charge in [0.2, 0.25) is 0 Å². The summed E-state index contributed by atoms with van der Waals surface area (Å²) in [5.41, 5.74) is 2.85. The van der Waals surface area contributed by atoms with Crippen molar-refractivity contribution in [2.24, 2.45) is 0 Å². The molecule has 2 N–H and O–H groups in total. The SMILES string of the molecule is CC[O][Sn]([CH2]c1ccccc1)[CH2]c1ccccc1.O. The van der Waals surface area contributed by atoms with Crippen LogP contribution in [0.4, 0.5) is 0 Å². The molecule has 0 aliphatic carbocycles. The van der Waals surface area contributed by atoms with Gasteiger partial charge in [0, 0.05) is 0 Å². The molecule has 0 unspecified atom stereocenters. The van der Waals surface area contributed by atoms with Gasteiger partial charge >= 0.3 is 117 Å². The van der Waals surface area contributed by atoms with Gasteiger partial charge in [-0.2, -0.15) is 0 Å². The van der Waals surface area contributed by atoms with Crippen LogP contribution in [-0.2, 0) is 11.9 Å². The summed E-state index contributed by atoms with van der Waals surface area (Å²) >= 11 is -1.79. The second-order valence-corrected chi connectivity index (χ2v) is 10.2. The predicted octanol–water partition coefficient (Wildman–Crippen LogP) is 2.75. The Labute approximate surface area is 123 Å². The predicted molar refractivity (Wildman–Crippen MR) is 81.3 cm³/mol. The minimum absolute atomic E-state index is 0. The topological polar surface area (TPSA) is 40.7 Å². The Kier molecular flexibility index (Phi) is 7.79. The van der Waals surface area contributed by atoms with Crippen molar-refractivity contribution in [3.63, 3.8) is 0 Å². The van der Waals surface area contributed by atoms with Crippen LogP contribution in [0.3, 0.4) is 0 Å². The fraction of sp³-hybridized carbons (Fsp3) is 0.250. The van der Waals surface area contributed by atoms with Crippen LogP contribution in [0, 0.1) is 0 Å². The van der Waals surface area contributed by atoms with E-state index < -0.39 is 20.2 Å². The van der Waals surface area contributed by atoms with Crippen molar-refractivity contribution < 1.29 is 8.55 Å². The molecule has 0 bridgehead atoms. The van der Waals surface area contributed by atoms with Crippen molar-refractivity contribution >= 4 is 20.2 Å². The van der Waals surface area contributed by atoms with E-state index in [1.807, 2.05) is 0 Å². The molecule has 3 heteroatoms. The first-order chi connectivity index (χ1) is 8.88. The molecule has 0 saturated heterocycles. The number of benzene rings is 2. The molecule has 2 aromatic carbocycles. The van der Waals surface area contributed by atoms with Crippen molar-refractivity contribution in [3.05, 3.63) is 71.8 Å². The summed E-state index contributed by atoms with van der Waals surface area (Å²) < 4.78 is 8.39.